The second kappa shape index (κ2) is 9.07. The minimum atomic E-state index is -1.88. The van der Waals surface area contributed by atoms with Crippen LogP contribution in [0.2, 0.25) is 39.3 Å². The molecule has 1 N–H and O–H groups in total. The predicted molar refractivity (Wildman–Crippen MR) is 102 cm³/mol. The van der Waals surface area contributed by atoms with Gasteiger partial charge in [0.2, 0.25) is 5.91 Å². The maximum absolute atomic E-state index is 11.6. The molecule has 1 saturated heterocycles. The molecule has 5 atom stereocenters. The van der Waals surface area contributed by atoms with Crippen LogP contribution in [0.5, 0.6) is 0 Å². The van der Waals surface area contributed by atoms with E-state index in [0.717, 1.165) is 0 Å². The lowest BCUT2D eigenvalue weighted by molar-refractivity contribution is -0.262. The van der Waals surface area contributed by atoms with Crippen LogP contribution in [-0.2, 0) is 27.9 Å². The molecule has 0 bridgehead atoms. The number of hydrogen-bond donors (Lipinski definition) is 1. The van der Waals surface area contributed by atoms with Crippen LogP contribution in [0, 0.1) is 0 Å². The van der Waals surface area contributed by atoms with Gasteiger partial charge >= 0.3 is 0 Å². The number of carbonyl (C=O) groups is 1. The fraction of sp³-hybridized carbons (Fsp3) is 0.938. The summed E-state index contributed by atoms with van der Waals surface area (Å²) < 4.78 is 29.8. The summed E-state index contributed by atoms with van der Waals surface area (Å²) in [6, 6.07) is -0.447. The average Bonchev–Trinajstić information content (AvgIpc) is 2.43. The Morgan fingerprint density at radius 3 is 2.00 bits per heavy atom. The summed E-state index contributed by atoms with van der Waals surface area (Å²) in [5, 5.41) is 2.88. The largest absolute Gasteiger partial charge is 0.415 e. The predicted octanol–water partition coefficient (Wildman–Crippen LogP) is 1.95. The second-order valence-electron chi connectivity index (χ2n) is 8.32. The third-order valence-electron chi connectivity index (χ3n) is 3.69. The Balaban J connectivity index is 3.10. The fourth-order valence-electron chi connectivity index (χ4n) is 2.79. The van der Waals surface area contributed by atoms with Gasteiger partial charge in [0.25, 0.3) is 0 Å². The van der Waals surface area contributed by atoms with Crippen LogP contribution in [-0.4, -0.2) is 74.0 Å². The average molecular weight is 394 g/mol. The third kappa shape index (κ3) is 7.45. The molecule has 1 amide bonds. The number of carbonyl (C=O) groups excluding carboxylic acids is 1. The van der Waals surface area contributed by atoms with E-state index in [2.05, 4.69) is 44.6 Å². The Morgan fingerprint density at radius 2 is 1.60 bits per heavy atom. The molecule has 0 unspecified atom stereocenters. The number of nitrogens with one attached hydrogen (secondary N) is 1. The first-order valence-corrected chi connectivity index (χ1v) is 15.5. The first-order valence-electron chi connectivity index (χ1n) is 8.68. The minimum absolute atomic E-state index is 0.166. The zero-order chi connectivity index (χ0) is 19.4. The molecule has 0 aromatic rings. The van der Waals surface area contributed by atoms with Gasteiger partial charge in [-0.2, -0.15) is 0 Å². The molecule has 0 aliphatic carbocycles. The summed E-state index contributed by atoms with van der Waals surface area (Å²) >= 11 is 0. The molecule has 25 heavy (non-hydrogen) atoms. The molecular formula is C16H35NO6Si2. The molecule has 0 spiro atoms. The van der Waals surface area contributed by atoms with Gasteiger partial charge in [-0.3, -0.25) is 4.79 Å². The first kappa shape index (κ1) is 22.7. The SMILES string of the molecule is CO[C@H]1O[C@H](CO[Si](C)(C)C)[C@H](O[Si](C)(C)C)[C@H](OC)[C@H]1NC(C)=O. The normalized spacial score (nSPS) is 31.0. The smallest absolute Gasteiger partial charge is 0.217 e. The first-order chi connectivity index (χ1) is 11.4. The zero-order valence-electron chi connectivity index (χ0n) is 17.0. The lowest BCUT2D eigenvalue weighted by Crippen LogP contribution is -2.67. The van der Waals surface area contributed by atoms with E-state index in [4.69, 9.17) is 23.1 Å². The second-order valence-corrected chi connectivity index (χ2v) is 17.3. The van der Waals surface area contributed by atoms with E-state index in [9.17, 15) is 4.79 Å². The molecule has 0 aromatic carbocycles. The van der Waals surface area contributed by atoms with Crippen molar-refractivity contribution in [3.8, 4) is 0 Å². The van der Waals surface area contributed by atoms with Crippen LogP contribution in [0.4, 0.5) is 0 Å². The topological polar surface area (TPSA) is 75.2 Å². The lowest BCUT2D eigenvalue weighted by Gasteiger charge is -2.47. The molecule has 7 nitrogen and oxygen atoms in total. The van der Waals surface area contributed by atoms with Gasteiger partial charge in [0.15, 0.2) is 22.9 Å². The Kier molecular flexibility index (Phi) is 8.25. The van der Waals surface area contributed by atoms with Gasteiger partial charge in [-0.15, -0.1) is 0 Å². The number of rotatable bonds is 8. The van der Waals surface area contributed by atoms with Crippen LogP contribution < -0.4 is 5.32 Å². The number of hydrogen-bond acceptors (Lipinski definition) is 6. The highest BCUT2D eigenvalue weighted by atomic mass is 28.4. The molecule has 1 heterocycles. The van der Waals surface area contributed by atoms with Crippen LogP contribution >= 0.6 is 0 Å². The van der Waals surface area contributed by atoms with Gasteiger partial charge in [-0.1, -0.05) is 0 Å². The molecule has 148 valence electrons. The van der Waals surface area contributed by atoms with Crippen LogP contribution in [0.25, 0.3) is 0 Å². The highest BCUT2D eigenvalue weighted by molar-refractivity contribution is 6.70. The van der Waals surface area contributed by atoms with E-state index in [1.807, 2.05) is 0 Å². The van der Waals surface area contributed by atoms with Gasteiger partial charge in [-0.25, -0.2) is 0 Å². The maximum Gasteiger partial charge on any atom is 0.217 e. The van der Waals surface area contributed by atoms with Gasteiger partial charge in [-0.05, 0) is 39.3 Å². The molecule has 1 aliphatic rings. The Morgan fingerprint density at radius 1 is 1.00 bits per heavy atom. The molecule has 9 heteroatoms. The summed E-state index contributed by atoms with van der Waals surface area (Å²) in [6.07, 6.45) is -1.66. The van der Waals surface area contributed by atoms with Crippen LogP contribution in [0.3, 0.4) is 0 Å². The minimum Gasteiger partial charge on any atom is -0.415 e. The number of methoxy groups -OCH3 is 2. The van der Waals surface area contributed by atoms with E-state index < -0.39 is 29.0 Å². The fourth-order valence-corrected chi connectivity index (χ4v) is 4.56. The summed E-state index contributed by atoms with van der Waals surface area (Å²) in [6.45, 7) is 14.6. The van der Waals surface area contributed by atoms with E-state index in [-0.39, 0.29) is 24.2 Å². The monoisotopic (exact) mass is 393 g/mol. The van der Waals surface area contributed by atoms with E-state index in [1.54, 1.807) is 14.2 Å². The van der Waals surface area contributed by atoms with Gasteiger partial charge in [0, 0.05) is 21.1 Å². The van der Waals surface area contributed by atoms with Crippen LogP contribution in [0.15, 0.2) is 0 Å². The third-order valence-corrected chi connectivity index (χ3v) is 5.70. The van der Waals surface area contributed by atoms with E-state index in [0.29, 0.717) is 6.61 Å². The van der Waals surface area contributed by atoms with Crippen LogP contribution in [0.1, 0.15) is 6.92 Å². The van der Waals surface area contributed by atoms with Gasteiger partial charge in [0.05, 0.1) is 6.61 Å². The summed E-state index contributed by atoms with van der Waals surface area (Å²) in [7, 11) is -0.414. The highest BCUT2D eigenvalue weighted by Gasteiger charge is 2.49. The molecule has 0 saturated carbocycles. The quantitative estimate of drug-likeness (QED) is 0.635. The molecule has 1 aliphatic heterocycles. The summed E-state index contributed by atoms with van der Waals surface area (Å²) in [4.78, 5) is 11.6. The van der Waals surface area contributed by atoms with Gasteiger partial charge in [0.1, 0.15) is 24.4 Å². The molecular weight excluding hydrogens is 358 g/mol. The Bertz CT molecular complexity index is 437. The highest BCUT2D eigenvalue weighted by Crippen LogP contribution is 2.29. The van der Waals surface area contributed by atoms with Crippen molar-refractivity contribution in [2.24, 2.45) is 0 Å². The standard InChI is InChI=1S/C16H35NO6Si2/c1-11(18)17-13-15(19-2)14(23-25(7,8)9)12(22-16(13)20-3)10-21-24(4,5)6/h12-16H,10H2,1-9H3,(H,17,18)/t12-,13-,14+,15-,16+/m1/s1. The van der Waals surface area contributed by atoms with Crippen molar-refractivity contribution < 1.29 is 27.9 Å². The van der Waals surface area contributed by atoms with Crippen molar-refractivity contribution in [3.05, 3.63) is 0 Å². The van der Waals surface area contributed by atoms with Crippen molar-refractivity contribution in [1.82, 2.24) is 5.32 Å². The molecule has 0 aromatic heterocycles. The maximum atomic E-state index is 11.6. The van der Waals surface area contributed by atoms with Crippen molar-refractivity contribution in [3.63, 3.8) is 0 Å². The number of ether oxygens (including phenoxy) is 3. The summed E-state index contributed by atoms with van der Waals surface area (Å²) in [5.41, 5.74) is 0. The van der Waals surface area contributed by atoms with Crippen molar-refractivity contribution in [2.75, 3.05) is 20.8 Å². The molecule has 0 radical (unpaired) electrons. The summed E-state index contributed by atoms with van der Waals surface area (Å²) in [5.74, 6) is -0.166. The van der Waals surface area contributed by atoms with Gasteiger partial charge < -0.3 is 28.4 Å². The lowest BCUT2D eigenvalue weighted by atomic mass is 9.96. The Hall–Kier alpha value is -0.296. The Labute approximate surface area is 153 Å². The van der Waals surface area contributed by atoms with E-state index in [1.165, 1.54) is 6.92 Å². The molecule has 1 rings (SSSR count). The van der Waals surface area contributed by atoms with Crippen molar-refractivity contribution in [1.29, 1.82) is 0 Å². The van der Waals surface area contributed by atoms with Crippen molar-refractivity contribution >= 4 is 22.5 Å². The van der Waals surface area contributed by atoms with E-state index >= 15 is 0 Å². The van der Waals surface area contributed by atoms with Crippen molar-refractivity contribution in [2.45, 2.75) is 76.8 Å². The zero-order valence-corrected chi connectivity index (χ0v) is 19.0. The molecule has 1 fully saturated rings. The number of amides is 1.